The maximum absolute atomic E-state index is 13.1. The average Bonchev–Trinajstić information content (AvgIpc) is 3.48. The van der Waals surface area contributed by atoms with E-state index >= 15 is 0 Å². The normalized spacial score (nSPS) is 15.5. The van der Waals surface area contributed by atoms with Crippen LogP contribution in [-0.2, 0) is 12.8 Å². The van der Waals surface area contributed by atoms with Gasteiger partial charge in [0.15, 0.2) is 5.76 Å². The van der Waals surface area contributed by atoms with E-state index in [1.807, 2.05) is 11.0 Å². The highest BCUT2D eigenvalue weighted by Crippen LogP contribution is 2.41. The van der Waals surface area contributed by atoms with E-state index in [9.17, 15) is 9.59 Å². The fourth-order valence-electron chi connectivity index (χ4n) is 4.17. The molecule has 30 heavy (non-hydrogen) atoms. The fourth-order valence-corrected chi connectivity index (χ4v) is 5.41. The molecule has 2 aliphatic rings. The van der Waals surface area contributed by atoms with Crippen molar-refractivity contribution in [2.45, 2.75) is 12.8 Å². The number of carbonyl (C=O) groups is 2. The maximum Gasteiger partial charge on any atom is 0.289 e. The quantitative estimate of drug-likeness (QED) is 0.646. The number of nitrogens with zero attached hydrogens (tertiary/aromatic N) is 2. The molecule has 0 atom stereocenters. The highest BCUT2D eigenvalue weighted by atomic mass is 32.1. The molecule has 0 radical (unpaired) electrons. The predicted octanol–water partition coefficient (Wildman–Crippen LogP) is 3.71. The first kappa shape index (κ1) is 18.9. The van der Waals surface area contributed by atoms with Crippen molar-refractivity contribution in [2.75, 3.05) is 33.3 Å². The topological polar surface area (TPSA) is 63.0 Å². The Morgan fingerprint density at radius 2 is 1.70 bits per heavy atom. The van der Waals surface area contributed by atoms with Crippen LogP contribution in [-0.4, -0.2) is 54.9 Å². The molecule has 2 aromatic heterocycles. The molecule has 5 rings (SSSR count). The molecule has 0 bridgehead atoms. The lowest BCUT2D eigenvalue weighted by Crippen LogP contribution is -2.50. The fraction of sp³-hybridized carbons (Fsp3) is 0.304. The first-order valence-electron chi connectivity index (χ1n) is 10.1. The van der Waals surface area contributed by atoms with Crippen LogP contribution in [0.3, 0.4) is 0 Å². The van der Waals surface area contributed by atoms with Crippen molar-refractivity contribution in [3.8, 4) is 16.2 Å². The third-order valence-electron chi connectivity index (χ3n) is 5.83. The summed E-state index contributed by atoms with van der Waals surface area (Å²) in [6.45, 7) is 2.08. The van der Waals surface area contributed by atoms with E-state index in [0.717, 1.165) is 23.5 Å². The summed E-state index contributed by atoms with van der Waals surface area (Å²) < 4.78 is 10.6. The molecule has 0 N–H and O–H groups in total. The van der Waals surface area contributed by atoms with Crippen molar-refractivity contribution in [2.24, 2.45) is 0 Å². The number of piperazine rings is 1. The van der Waals surface area contributed by atoms with Gasteiger partial charge >= 0.3 is 0 Å². The first-order chi connectivity index (χ1) is 14.6. The predicted molar refractivity (Wildman–Crippen MR) is 114 cm³/mol. The SMILES string of the molecule is COc1ccc2c(c1)CCc1cc(C(=O)N3CCN(C(=O)c4ccco4)CC3)sc1-2. The zero-order valence-corrected chi connectivity index (χ0v) is 17.5. The summed E-state index contributed by atoms with van der Waals surface area (Å²) in [5.74, 6) is 1.14. The van der Waals surface area contributed by atoms with Crippen LogP contribution in [0.15, 0.2) is 47.1 Å². The Morgan fingerprint density at radius 1 is 0.967 bits per heavy atom. The average molecular weight is 423 g/mol. The highest BCUT2D eigenvalue weighted by molar-refractivity contribution is 7.17. The van der Waals surface area contributed by atoms with E-state index < -0.39 is 0 Å². The number of hydrogen-bond acceptors (Lipinski definition) is 5. The largest absolute Gasteiger partial charge is 0.497 e. The molecule has 154 valence electrons. The summed E-state index contributed by atoms with van der Waals surface area (Å²) in [4.78, 5) is 31.1. The summed E-state index contributed by atoms with van der Waals surface area (Å²) in [5, 5.41) is 0. The maximum atomic E-state index is 13.1. The van der Waals surface area contributed by atoms with Gasteiger partial charge in [0.05, 0.1) is 18.3 Å². The van der Waals surface area contributed by atoms with E-state index in [2.05, 4.69) is 18.2 Å². The second-order valence-electron chi connectivity index (χ2n) is 7.55. The Balaban J connectivity index is 1.30. The zero-order chi connectivity index (χ0) is 20.7. The van der Waals surface area contributed by atoms with Crippen molar-refractivity contribution >= 4 is 23.2 Å². The van der Waals surface area contributed by atoms with Crippen LogP contribution < -0.4 is 4.74 Å². The summed E-state index contributed by atoms with van der Waals surface area (Å²) in [5.41, 5.74) is 3.72. The molecule has 7 heteroatoms. The molecule has 0 unspecified atom stereocenters. The molecule has 1 fully saturated rings. The van der Waals surface area contributed by atoms with Gasteiger partial charge in [-0.05, 0) is 65.9 Å². The van der Waals surface area contributed by atoms with Crippen LogP contribution in [0.1, 0.15) is 31.4 Å². The molecular weight excluding hydrogens is 400 g/mol. The Kier molecular flexibility index (Phi) is 4.83. The van der Waals surface area contributed by atoms with Gasteiger partial charge in [-0.3, -0.25) is 9.59 Å². The molecule has 1 saturated heterocycles. The Hall–Kier alpha value is -3.06. The minimum atomic E-state index is -0.120. The van der Waals surface area contributed by atoms with E-state index in [1.54, 1.807) is 35.5 Å². The van der Waals surface area contributed by atoms with Crippen LogP contribution in [0.5, 0.6) is 5.75 Å². The summed E-state index contributed by atoms with van der Waals surface area (Å²) in [6, 6.07) is 11.6. The molecule has 6 nitrogen and oxygen atoms in total. The monoisotopic (exact) mass is 422 g/mol. The lowest BCUT2D eigenvalue weighted by atomic mass is 9.91. The summed E-state index contributed by atoms with van der Waals surface area (Å²) >= 11 is 1.57. The van der Waals surface area contributed by atoms with Gasteiger partial charge in [0.2, 0.25) is 0 Å². The number of aryl methyl sites for hydroxylation is 2. The number of hydrogen-bond donors (Lipinski definition) is 0. The molecule has 3 aromatic rings. The number of benzene rings is 1. The number of fused-ring (bicyclic) bond motifs is 3. The van der Waals surface area contributed by atoms with Crippen molar-refractivity contribution in [3.05, 3.63) is 64.4 Å². The van der Waals surface area contributed by atoms with Crippen molar-refractivity contribution in [3.63, 3.8) is 0 Å². The van der Waals surface area contributed by atoms with Gasteiger partial charge in [-0.1, -0.05) is 0 Å². The summed E-state index contributed by atoms with van der Waals surface area (Å²) in [6.07, 6.45) is 3.39. The Bertz CT molecular complexity index is 1090. The van der Waals surface area contributed by atoms with E-state index in [0.29, 0.717) is 31.9 Å². The molecule has 0 spiro atoms. The van der Waals surface area contributed by atoms with Crippen LogP contribution in [0.4, 0.5) is 0 Å². The molecule has 1 aromatic carbocycles. The molecule has 1 aliphatic carbocycles. The lowest BCUT2D eigenvalue weighted by molar-refractivity contribution is 0.0520. The van der Waals surface area contributed by atoms with Gasteiger partial charge in [0, 0.05) is 31.1 Å². The number of thiophene rings is 1. The standard InChI is InChI=1S/C23H22N2O4S/c1-28-17-6-7-18-15(13-17)4-5-16-14-20(30-21(16)18)23(27)25-10-8-24(9-11-25)22(26)19-3-2-12-29-19/h2-3,6-7,12-14H,4-5,8-11H2,1H3. The van der Waals surface area contributed by atoms with E-state index in [-0.39, 0.29) is 11.8 Å². The number of furan rings is 1. The van der Waals surface area contributed by atoms with Crippen LogP contribution >= 0.6 is 11.3 Å². The van der Waals surface area contributed by atoms with Crippen LogP contribution in [0, 0.1) is 0 Å². The van der Waals surface area contributed by atoms with Gasteiger partial charge in [-0.15, -0.1) is 11.3 Å². The van der Waals surface area contributed by atoms with E-state index in [1.165, 1.54) is 27.8 Å². The Morgan fingerprint density at radius 3 is 2.40 bits per heavy atom. The van der Waals surface area contributed by atoms with Crippen molar-refractivity contribution < 1.29 is 18.7 Å². The number of ether oxygens (including phenoxy) is 1. The lowest BCUT2D eigenvalue weighted by Gasteiger charge is -2.34. The number of methoxy groups -OCH3 is 1. The Labute approximate surface area is 178 Å². The second-order valence-corrected chi connectivity index (χ2v) is 8.60. The third kappa shape index (κ3) is 3.29. The molecule has 3 heterocycles. The van der Waals surface area contributed by atoms with Crippen LogP contribution in [0.25, 0.3) is 10.4 Å². The molecule has 2 amide bonds. The van der Waals surface area contributed by atoms with Crippen molar-refractivity contribution in [1.82, 2.24) is 9.80 Å². The van der Waals surface area contributed by atoms with Crippen molar-refractivity contribution in [1.29, 1.82) is 0 Å². The van der Waals surface area contributed by atoms with Gasteiger partial charge in [0.25, 0.3) is 11.8 Å². The third-order valence-corrected chi connectivity index (χ3v) is 7.03. The molecular formula is C23H22N2O4S. The van der Waals surface area contributed by atoms with E-state index in [4.69, 9.17) is 9.15 Å². The number of rotatable bonds is 3. The van der Waals surface area contributed by atoms with Gasteiger partial charge in [-0.2, -0.15) is 0 Å². The molecule has 0 saturated carbocycles. The van der Waals surface area contributed by atoms with Gasteiger partial charge in [0.1, 0.15) is 5.75 Å². The number of carbonyl (C=O) groups excluding carboxylic acids is 2. The molecule has 1 aliphatic heterocycles. The summed E-state index contributed by atoms with van der Waals surface area (Å²) in [7, 11) is 1.68. The minimum Gasteiger partial charge on any atom is -0.497 e. The van der Waals surface area contributed by atoms with Gasteiger partial charge in [-0.25, -0.2) is 0 Å². The van der Waals surface area contributed by atoms with Crippen LogP contribution in [0.2, 0.25) is 0 Å². The van der Waals surface area contributed by atoms with Gasteiger partial charge < -0.3 is 19.0 Å². The zero-order valence-electron chi connectivity index (χ0n) is 16.7. The smallest absolute Gasteiger partial charge is 0.289 e. The highest BCUT2D eigenvalue weighted by Gasteiger charge is 2.29. The second kappa shape index (κ2) is 7.65. The first-order valence-corrected chi connectivity index (χ1v) is 10.9. The number of amides is 2. The minimum absolute atomic E-state index is 0.0505.